The molecule has 0 atom stereocenters. The molecule has 0 saturated heterocycles. The third-order valence-corrected chi connectivity index (χ3v) is 6.14. The normalized spacial score (nSPS) is 15.8. The van der Waals surface area contributed by atoms with Gasteiger partial charge in [0.15, 0.2) is 0 Å². The Kier molecular flexibility index (Phi) is 5.27. The lowest BCUT2D eigenvalue weighted by atomic mass is 9.95. The number of hydrogen-bond acceptors (Lipinski definition) is 4. The quantitative estimate of drug-likeness (QED) is 0.837. The zero-order valence-electron chi connectivity index (χ0n) is 14.7. The summed E-state index contributed by atoms with van der Waals surface area (Å²) in [7, 11) is -3.60. The van der Waals surface area contributed by atoms with Gasteiger partial charge in [0.05, 0.1) is 16.8 Å². The Morgan fingerprint density at radius 1 is 1.00 bits per heavy atom. The second-order valence-corrected chi connectivity index (χ2v) is 8.45. The zero-order valence-corrected chi connectivity index (χ0v) is 15.6. The van der Waals surface area contributed by atoms with Crippen molar-refractivity contribution in [1.82, 2.24) is 4.98 Å². The van der Waals surface area contributed by atoms with Gasteiger partial charge in [-0.2, -0.15) is 0 Å². The first-order valence-electron chi connectivity index (χ1n) is 8.77. The molecule has 1 aromatic carbocycles. The maximum atomic E-state index is 12.5. The Balaban J connectivity index is 1.68. The summed E-state index contributed by atoms with van der Waals surface area (Å²) in [5, 5.41) is 3.43. The second kappa shape index (κ2) is 7.44. The van der Waals surface area contributed by atoms with Gasteiger partial charge < -0.3 is 5.32 Å². The summed E-state index contributed by atoms with van der Waals surface area (Å²) in [6.45, 7) is 3.86. The van der Waals surface area contributed by atoms with Crippen LogP contribution in [0.5, 0.6) is 0 Å². The van der Waals surface area contributed by atoms with Crippen molar-refractivity contribution in [2.45, 2.75) is 56.9 Å². The Labute approximate surface area is 149 Å². The molecule has 1 fully saturated rings. The van der Waals surface area contributed by atoms with Gasteiger partial charge in [0.2, 0.25) is 0 Å². The van der Waals surface area contributed by atoms with Gasteiger partial charge in [0.1, 0.15) is 5.82 Å². The van der Waals surface area contributed by atoms with Crippen molar-refractivity contribution in [3.05, 3.63) is 47.7 Å². The van der Waals surface area contributed by atoms with Gasteiger partial charge in [-0.3, -0.25) is 4.72 Å². The van der Waals surface area contributed by atoms with Crippen molar-refractivity contribution in [1.29, 1.82) is 0 Å². The molecule has 0 unspecified atom stereocenters. The van der Waals surface area contributed by atoms with Gasteiger partial charge in [-0.1, -0.05) is 25.3 Å². The van der Waals surface area contributed by atoms with Gasteiger partial charge in [-0.15, -0.1) is 0 Å². The number of pyridine rings is 1. The number of benzene rings is 1. The highest BCUT2D eigenvalue weighted by Crippen LogP contribution is 2.22. The number of anilines is 2. The molecule has 0 radical (unpaired) electrons. The Hall–Kier alpha value is -2.08. The van der Waals surface area contributed by atoms with E-state index in [-0.39, 0.29) is 4.90 Å². The van der Waals surface area contributed by atoms with Gasteiger partial charge in [0.25, 0.3) is 10.0 Å². The topological polar surface area (TPSA) is 71.1 Å². The van der Waals surface area contributed by atoms with Crippen molar-refractivity contribution < 1.29 is 8.42 Å². The largest absolute Gasteiger partial charge is 0.367 e. The van der Waals surface area contributed by atoms with Crippen LogP contribution in [0.15, 0.2) is 41.4 Å². The minimum absolute atomic E-state index is 0.264. The molecule has 25 heavy (non-hydrogen) atoms. The SMILES string of the molecule is Cc1ccc(S(=O)(=O)Nc2ccc(NC3CCCCC3)nc2)cc1C. The molecule has 1 aromatic heterocycles. The minimum Gasteiger partial charge on any atom is -0.367 e. The second-order valence-electron chi connectivity index (χ2n) is 6.76. The molecule has 0 aliphatic heterocycles. The molecule has 0 spiro atoms. The van der Waals surface area contributed by atoms with Crippen LogP contribution < -0.4 is 10.0 Å². The first kappa shape index (κ1) is 17.7. The number of sulfonamides is 1. The molecular formula is C19H25N3O2S. The highest BCUT2D eigenvalue weighted by atomic mass is 32.2. The fourth-order valence-electron chi connectivity index (χ4n) is 3.09. The summed E-state index contributed by atoms with van der Waals surface area (Å²) in [4.78, 5) is 4.61. The van der Waals surface area contributed by atoms with Gasteiger partial charge >= 0.3 is 0 Å². The smallest absolute Gasteiger partial charge is 0.261 e. The number of aromatic nitrogens is 1. The molecular weight excluding hydrogens is 334 g/mol. The predicted octanol–water partition coefficient (Wildman–Crippen LogP) is 4.24. The maximum absolute atomic E-state index is 12.5. The molecule has 1 aliphatic rings. The van der Waals surface area contributed by atoms with Crippen LogP contribution in [0.2, 0.25) is 0 Å². The average molecular weight is 359 g/mol. The van der Waals surface area contributed by atoms with Crippen molar-refractivity contribution in [3.8, 4) is 0 Å². The number of aryl methyl sites for hydroxylation is 2. The van der Waals surface area contributed by atoms with Crippen LogP contribution in [0.4, 0.5) is 11.5 Å². The maximum Gasteiger partial charge on any atom is 0.261 e. The van der Waals surface area contributed by atoms with E-state index >= 15 is 0 Å². The summed E-state index contributed by atoms with van der Waals surface area (Å²) in [5.41, 5.74) is 2.49. The van der Waals surface area contributed by atoms with Gasteiger partial charge in [-0.25, -0.2) is 13.4 Å². The molecule has 1 aliphatic carbocycles. The van der Waals surface area contributed by atoms with Crippen LogP contribution in [-0.2, 0) is 10.0 Å². The Morgan fingerprint density at radius 2 is 1.76 bits per heavy atom. The van der Waals surface area contributed by atoms with E-state index in [1.54, 1.807) is 24.4 Å². The molecule has 3 rings (SSSR count). The number of nitrogens with zero attached hydrogens (tertiary/aromatic N) is 1. The average Bonchev–Trinajstić information content (AvgIpc) is 2.60. The summed E-state index contributed by atoms with van der Waals surface area (Å²) >= 11 is 0. The summed E-state index contributed by atoms with van der Waals surface area (Å²) < 4.78 is 27.6. The number of rotatable bonds is 5. The fourth-order valence-corrected chi connectivity index (χ4v) is 4.22. The predicted molar refractivity (Wildman–Crippen MR) is 101 cm³/mol. The molecule has 5 nitrogen and oxygen atoms in total. The van der Waals surface area contributed by atoms with E-state index in [1.165, 1.54) is 32.1 Å². The number of nitrogens with one attached hydrogen (secondary N) is 2. The summed E-state index contributed by atoms with van der Waals surface area (Å²) in [6, 6.07) is 9.17. The molecule has 0 amide bonds. The Morgan fingerprint density at radius 3 is 2.40 bits per heavy atom. The molecule has 1 heterocycles. The fraction of sp³-hybridized carbons (Fsp3) is 0.421. The van der Waals surface area contributed by atoms with E-state index in [0.717, 1.165) is 16.9 Å². The number of hydrogen-bond donors (Lipinski definition) is 2. The van der Waals surface area contributed by atoms with Crippen molar-refractivity contribution in [2.75, 3.05) is 10.0 Å². The van der Waals surface area contributed by atoms with Crippen LogP contribution in [0, 0.1) is 13.8 Å². The van der Waals surface area contributed by atoms with Crippen LogP contribution in [0.25, 0.3) is 0 Å². The zero-order chi connectivity index (χ0) is 17.9. The van der Waals surface area contributed by atoms with Crippen LogP contribution in [-0.4, -0.2) is 19.4 Å². The van der Waals surface area contributed by atoms with E-state index < -0.39 is 10.0 Å². The van der Waals surface area contributed by atoms with E-state index in [9.17, 15) is 8.42 Å². The molecule has 0 bridgehead atoms. The monoisotopic (exact) mass is 359 g/mol. The van der Waals surface area contributed by atoms with Crippen molar-refractivity contribution in [3.63, 3.8) is 0 Å². The standard InChI is InChI=1S/C19H25N3O2S/c1-14-8-10-18(12-15(14)2)25(23,24)22-17-9-11-19(20-13-17)21-16-6-4-3-5-7-16/h8-13,16,22H,3-7H2,1-2H3,(H,20,21). The molecule has 134 valence electrons. The third kappa shape index (κ3) is 4.51. The lowest BCUT2D eigenvalue weighted by Gasteiger charge is -2.23. The lowest BCUT2D eigenvalue weighted by molar-refractivity contribution is 0.462. The van der Waals surface area contributed by atoms with Gasteiger partial charge in [0, 0.05) is 6.04 Å². The summed E-state index contributed by atoms with van der Waals surface area (Å²) in [6.07, 6.45) is 7.72. The van der Waals surface area contributed by atoms with E-state index in [4.69, 9.17) is 0 Å². The van der Waals surface area contributed by atoms with E-state index in [0.29, 0.717) is 11.7 Å². The first-order valence-corrected chi connectivity index (χ1v) is 10.2. The lowest BCUT2D eigenvalue weighted by Crippen LogP contribution is -2.22. The van der Waals surface area contributed by atoms with Crippen molar-refractivity contribution >= 4 is 21.5 Å². The molecule has 1 saturated carbocycles. The summed E-state index contributed by atoms with van der Waals surface area (Å²) in [5.74, 6) is 0.793. The highest BCUT2D eigenvalue weighted by Gasteiger charge is 2.16. The van der Waals surface area contributed by atoms with Crippen LogP contribution in [0.1, 0.15) is 43.2 Å². The third-order valence-electron chi connectivity index (χ3n) is 4.76. The Bertz CT molecular complexity index is 826. The van der Waals surface area contributed by atoms with Crippen LogP contribution >= 0.6 is 0 Å². The van der Waals surface area contributed by atoms with Crippen molar-refractivity contribution in [2.24, 2.45) is 0 Å². The van der Waals surface area contributed by atoms with Crippen LogP contribution in [0.3, 0.4) is 0 Å². The highest BCUT2D eigenvalue weighted by molar-refractivity contribution is 7.92. The molecule has 2 aromatic rings. The van der Waals surface area contributed by atoms with E-state index in [1.807, 2.05) is 26.0 Å². The molecule has 6 heteroatoms. The van der Waals surface area contributed by atoms with Gasteiger partial charge in [-0.05, 0) is 62.1 Å². The molecule has 2 N–H and O–H groups in total. The first-order chi connectivity index (χ1) is 11.9. The minimum atomic E-state index is -3.60. The van der Waals surface area contributed by atoms with E-state index in [2.05, 4.69) is 15.0 Å².